The zero-order valence-electron chi connectivity index (χ0n) is 21.3. The molecule has 0 radical (unpaired) electrons. The smallest absolute Gasteiger partial charge is 0.236 e. The van der Waals surface area contributed by atoms with Crippen LogP contribution >= 0.6 is 0 Å². The molecule has 7 heteroatoms. The van der Waals surface area contributed by atoms with Gasteiger partial charge in [0.15, 0.2) is 0 Å². The van der Waals surface area contributed by atoms with E-state index in [4.69, 9.17) is 0 Å². The topological polar surface area (TPSA) is 57.5 Å². The Morgan fingerprint density at radius 3 is 2.61 bits per heavy atom. The Morgan fingerprint density at radius 1 is 0.833 bits per heavy atom. The van der Waals surface area contributed by atoms with Crippen LogP contribution in [-0.2, 0) is 24.3 Å². The first-order valence-corrected chi connectivity index (χ1v) is 13.9. The fourth-order valence-electron chi connectivity index (χ4n) is 6.34. The molecule has 1 atom stereocenters. The van der Waals surface area contributed by atoms with Crippen molar-refractivity contribution < 1.29 is 4.79 Å². The molecule has 190 valence electrons. The van der Waals surface area contributed by atoms with E-state index in [-0.39, 0.29) is 5.91 Å². The van der Waals surface area contributed by atoms with Gasteiger partial charge < -0.3 is 9.47 Å². The van der Waals surface area contributed by atoms with Crippen molar-refractivity contribution in [1.29, 1.82) is 0 Å². The molecule has 3 aromatic rings. The number of amides is 1. The Labute approximate surface area is 214 Å². The number of hydrogen-bond acceptors (Lipinski definition) is 5. The van der Waals surface area contributed by atoms with Crippen LogP contribution in [0.1, 0.15) is 55.2 Å². The van der Waals surface area contributed by atoms with Crippen molar-refractivity contribution in [2.75, 3.05) is 45.8 Å². The Balaban J connectivity index is 1.02. The summed E-state index contributed by atoms with van der Waals surface area (Å²) in [4.78, 5) is 20.1. The van der Waals surface area contributed by atoms with Gasteiger partial charge in [0.2, 0.25) is 5.91 Å². The van der Waals surface area contributed by atoms with Gasteiger partial charge in [0.05, 0.1) is 6.54 Å². The van der Waals surface area contributed by atoms with Crippen molar-refractivity contribution in [2.45, 2.75) is 57.5 Å². The van der Waals surface area contributed by atoms with Gasteiger partial charge in [0.1, 0.15) is 11.6 Å². The van der Waals surface area contributed by atoms with Gasteiger partial charge in [-0.3, -0.25) is 14.6 Å². The fourth-order valence-corrected chi connectivity index (χ4v) is 6.34. The number of carbonyl (C=O) groups is 1. The van der Waals surface area contributed by atoms with E-state index in [9.17, 15) is 4.79 Å². The van der Waals surface area contributed by atoms with Gasteiger partial charge in [-0.2, -0.15) is 0 Å². The largest absolute Gasteiger partial charge is 0.339 e. The van der Waals surface area contributed by atoms with Gasteiger partial charge in [-0.1, -0.05) is 48.9 Å². The van der Waals surface area contributed by atoms with E-state index in [1.54, 1.807) is 0 Å². The van der Waals surface area contributed by atoms with Gasteiger partial charge >= 0.3 is 0 Å². The van der Waals surface area contributed by atoms with E-state index in [0.29, 0.717) is 12.5 Å². The van der Waals surface area contributed by atoms with Crippen LogP contribution in [0.25, 0.3) is 10.8 Å². The van der Waals surface area contributed by atoms with Gasteiger partial charge in [-0.25, -0.2) is 0 Å². The predicted molar refractivity (Wildman–Crippen MR) is 142 cm³/mol. The molecule has 36 heavy (non-hydrogen) atoms. The highest BCUT2D eigenvalue weighted by Gasteiger charge is 2.30. The number of fused-ring (bicyclic) bond motifs is 2. The normalized spacial score (nSPS) is 21.9. The maximum absolute atomic E-state index is 13.2. The van der Waals surface area contributed by atoms with E-state index in [1.165, 1.54) is 35.6 Å². The van der Waals surface area contributed by atoms with Crippen LogP contribution in [0.15, 0.2) is 42.5 Å². The molecule has 0 spiro atoms. The van der Waals surface area contributed by atoms with Crippen LogP contribution in [0.3, 0.4) is 0 Å². The first-order chi connectivity index (χ1) is 17.7. The number of piperidine rings is 1. The summed E-state index contributed by atoms with van der Waals surface area (Å²) in [6.07, 6.45) is 7.05. The highest BCUT2D eigenvalue weighted by molar-refractivity contribution is 5.85. The third-order valence-corrected chi connectivity index (χ3v) is 8.37. The Hall–Kier alpha value is -2.77. The van der Waals surface area contributed by atoms with Crippen LogP contribution in [0.5, 0.6) is 0 Å². The Bertz CT molecular complexity index is 1190. The van der Waals surface area contributed by atoms with Crippen LogP contribution in [-0.4, -0.2) is 81.2 Å². The minimum atomic E-state index is 0.278. The summed E-state index contributed by atoms with van der Waals surface area (Å²) in [5.74, 6) is 2.99. The lowest BCUT2D eigenvalue weighted by Gasteiger charge is -2.37. The number of carbonyl (C=O) groups excluding carboxylic acids is 1. The summed E-state index contributed by atoms with van der Waals surface area (Å²) in [6.45, 7) is 7.95. The zero-order chi connectivity index (χ0) is 24.3. The standard InChI is InChI=1S/C29H38N6O/c36-28(22-33-14-7-11-25(21-33)29-31-30-27-13-2-1-5-15-35(27)29)34-18-16-32(17-19-34)20-24-10-6-9-23-8-3-4-12-26(23)24/h3-4,6,8-10,12,25H,1-2,5,7,11,13-22H2/t25-/m0/s1. The molecule has 0 saturated carbocycles. The third kappa shape index (κ3) is 5.04. The molecular weight excluding hydrogens is 448 g/mol. The van der Waals surface area contributed by atoms with Crippen molar-refractivity contribution in [3.05, 3.63) is 59.7 Å². The summed E-state index contributed by atoms with van der Waals surface area (Å²) in [6, 6.07) is 15.2. The molecule has 2 aromatic carbocycles. The molecule has 4 heterocycles. The third-order valence-electron chi connectivity index (χ3n) is 8.37. The fraction of sp³-hybridized carbons (Fsp3) is 0.552. The Morgan fingerprint density at radius 2 is 1.69 bits per heavy atom. The van der Waals surface area contributed by atoms with E-state index in [0.717, 1.165) is 83.3 Å². The number of aryl methyl sites for hydroxylation is 1. The SMILES string of the molecule is O=C(CN1CCC[C@H](c2nnc3n2CCCCC3)C1)N1CCN(Cc2cccc3ccccc23)CC1. The molecular formula is C29H38N6O. The number of nitrogens with zero attached hydrogens (tertiary/aromatic N) is 6. The summed E-state index contributed by atoms with van der Waals surface area (Å²) in [5.41, 5.74) is 1.37. The van der Waals surface area contributed by atoms with Gasteiger partial charge in [0, 0.05) is 58.2 Å². The number of hydrogen-bond donors (Lipinski definition) is 0. The molecule has 6 rings (SSSR count). The lowest BCUT2D eigenvalue weighted by Crippen LogP contribution is -2.51. The first-order valence-electron chi connectivity index (χ1n) is 13.9. The summed E-state index contributed by atoms with van der Waals surface area (Å²) in [5, 5.41) is 11.8. The van der Waals surface area contributed by atoms with E-state index >= 15 is 0 Å². The Kier molecular flexibility index (Phi) is 7.01. The maximum Gasteiger partial charge on any atom is 0.236 e. The summed E-state index contributed by atoms with van der Waals surface area (Å²) >= 11 is 0. The molecule has 0 N–H and O–H groups in total. The summed E-state index contributed by atoms with van der Waals surface area (Å²) < 4.78 is 2.39. The molecule has 2 saturated heterocycles. The monoisotopic (exact) mass is 486 g/mol. The van der Waals surface area contributed by atoms with E-state index in [2.05, 4.69) is 71.9 Å². The van der Waals surface area contributed by atoms with Crippen molar-refractivity contribution >= 4 is 16.7 Å². The lowest BCUT2D eigenvalue weighted by molar-refractivity contribution is -0.134. The molecule has 7 nitrogen and oxygen atoms in total. The van der Waals surface area contributed by atoms with Crippen LogP contribution in [0.2, 0.25) is 0 Å². The van der Waals surface area contributed by atoms with Crippen LogP contribution in [0.4, 0.5) is 0 Å². The molecule has 0 bridgehead atoms. The number of aromatic nitrogens is 3. The lowest BCUT2D eigenvalue weighted by atomic mass is 9.97. The van der Waals surface area contributed by atoms with Crippen LogP contribution < -0.4 is 0 Å². The molecule has 0 unspecified atom stereocenters. The van der Waals surface area contributed by atoms with Crippen molar-refractivity contribution in [2.24, 2.45) is 0 Å². The molecule has 2 fully saturated rings. The molecule has 3 aliphatic heterocycles. The second kappa shape index (κ2) is 10.7. The minimum Gasteiger partial charge on any atom is -0.339 e. The highest BCUT2D eigenvalue weighted by Crippen LogP contribution is 2.28. The number of benzene rings is 2. The second-order valence-corrected chi connectivity index (χ2v) is 10.8. The van der Waals surface area contributed by atoms with Gasteiger partial charge in [-0.05, 0) is 48.6 Å². The minimum absolute atomic E-state index is 0.278. The number of rotatable bonds is 5. The summed E-state index contributed by atoms with van der Waals surface area (Å²) in [7, 11) is 0. The maximum atomic E-state index is 13.2. The van der Waals surface area contributed by atoms with E-state index in [1.807, 2.05) is 0 Å². The molecule has 1 aromatic heterocycles. The highest BCUT2D eigenvalue weighted by atomic mass is 16.2. The van der Waals surface area contributed by atoms with Crippen molar-refractivity contribution in [3.63, 3.8) is 0 Å². The zero-order valence-corrected chi connectivity index (χ0v) is 21.3. The van der Waals surface area contributed by atoms with Crippen molar-refractivity contribution in [1.82, 2.24) is 29.5 Å². The van der Waals surface area contributed by atoms with Gasteiger partial charge in [0.25, 0.3) is 0 Å². The molecule has 0 aliphatic carbocycles. The first kappa shape index (κ1) is 23.6. The van der Waals surface area contributed by atoms with Gasteiger partial charge in [-0.15, -0.1) is 10.2 Å². The predicted octanol–water partition coefficient (Wildman–Crippen LogP) is 3.68. The average molecular weight is 487 g/mol. The van der Waals surface area contributed by atoms with E-state index < -0.39 is 0 Å². The van der Waals surface area contributed by atoms with Crippen LogP contribution in [0, 0.1) is 0 Å². The molecule has 1 amide bonds. The number of piperazine rings is 1. The molecule has 3 aliphatic rings. The average Bonchev–Trinajstić information content (AvgIpc) is 3.17. The van der Waals surface area contributed by atoms with Crippen molar-refractivity contribution in [3.8, 4) is 0 Å². The second-order valence-electron chi connectivity index (χ2n) is 10.8. The quantitative estimate of drug-likeness (QED) is 0.551. The number of likely N-dealkylation sites (tertiary alicyclic amines) is 1.